The van der Waals surface area contributed by atoms with E-state index >= 15 is 0 Å². The van der Waals surface area contributed by atoms with Gasteiger partial charge in [0, 0.05) is 18.0 Å². The first-order chi connectivity index (χ1) is 8.86. The van der Waals surface area contributed by atoms with Crippen LogP contribution in [0.1, 0.15) is 50.4 Å². The van der Waals surface area contributed by atoms with Gasteiger partial charge in [-0.25, -0.2) is 0 Å². The van der Waals surface area contributed by atoms with Gasteiger partial charge in [-0.2, -0.15) is 0 Å². The largest absolute Gasteiger partial charge is 0.490 e. The summed E-state index contributed by atoms with van der Waals surface area (Å²) in [5.41, 5.74) is 6.70. The predicted molar refractivity (Wildman–Crippen MR) is 76.5 cm³/mol. The minimum absolute atomic E-state index is 0.0578. The second-order valence-electron chi connectivity index (χ2n) is 6.44. The highest BCUT2D eigenvalue weighted by Gasteiger charge is 2.25. The lowest BCUT2D eigenvalue weighted by Gasteiger charge is -2.26. The molecule has 0 aromatic heterocycles. The number of Topliss-reactive ketones (excluding diaryl/α,β-unsaturated/α-hetero) is 1. The molecule has 1 aliphatic carbocycles. The molecule has 19 heavy (non-hydrogen) atoms. The molecule has 0 saturated heterocycles. The van der Waals surface area contributed by atoms with Crippen molar-refractivity contribution >= 4 is 5.78 Å². The monoisotopic (exact) mass is 261 g/mol. The standard InChI is InChI=1S/C16H23NO2/c1-16(2,3)15(17)10-14(18)11-5-4-6-13(9-11)19-12-7-8-12/h4-6,9,12,15H,7-8,10,17H2,1-3H3. The van der Waals surface area contributed by atoms with Crippen LogP contribution in [0.25, 0.3) is 0 Å². The Labute approximate surface area is 115 Å². The first-order valence-corrected chi connectivity index (χ1v) is 6.92. The first kappa shape index (κ1) is 14.1. The van der Waals surface area contributed by atoms with Gasteiger partial charge >= 0.3 is 0 Å². The predicted octanol–water partition coefficient (Wildman–Crippen LogP) is 3.17. The molecule has 1 atom stereocenters. The van der Waals surface area contributed by atoms with Crippen LogP contribution in [0.3, 0.4) is 0 Å². The molecule has 0 amide bonds. The summed E-state index contributed by atoms with van der Waals surface area (Å²) < 4.78 is 5.70. The summed E-state index contributed by atoms with van der Waals surface area (Å²) in [7, 11) is 0. The molecule has 104 valence electrons. The average molecular weight is 261 g/mol. The number of benzene rings is 1. The normalized spacial score (nSPS) is 17.1. The molecule has 1 aliphatic rings. The fourth-order valence-electron chi connectivity index (χ4n) is 1.74. The number of rotatable bonds is 5. The molecule has 1 aromatic carbocycles. The molecular weight excluding hydrogens is 238 g/mol. The van der Waals surface area contributed by atoms with Crippen LogP contribution in [0.2, 0.25) is 0 Å². The van der Waals surface area contributed by atoms with Crippen LogP contribution in [0, 0.1) is 5.41 Å². The Bertz CT molecular complexity index is 458. The zero-order chi connectivity index (χ0) is 14.0. The second kappa shape index (κ2) is 5.33. The lowest BCUT2D eigenvalue weighted by molar-refractivity contribution is 0.0952. The fourth-order valence-corrected chi connectivity index (χ4v) is 1.74. The lowest BCUT2D eigenvalue weighted by atomic mass is 9.83. The van der Waals surface area contributed by atoms with Crippen LogP contribution in [0.4, 0.5) is 0 Å². The van der Waals surface area contributed by atoms with Gasteiger partial charge in [-0.15, -0.1) is 0 Å². The first-order valence-electron chi connectivity index (χ1n) is 6.92. The summed E-state index contributed by atoms with van der Waals surface area (Å²) in [6.07, 6.45) is 2.96. The van der Waals surface area contributed by atoms with Crippen LogP contribution >= 0.6 is 0 Å². The number of ketones is 1. The summed E-state index contributed by atoms with van der Waals surface area (Å²) in [5.74, 6) is 0.876. The van der Waals surface area contributed by atoms with Crippen molar-refractivity contribution in [2.24, 2.45) is 11.1 Å². The Kier molecular flexibility index (Phi) is 3.95. The van der Waals surface area contributed by atoms with E-state index in [0.29, 0.717) is 18.1 Å². The van der Waals surface area contributed by atoms with E-state index < -0.39 is 0 Å². The van der Waals surface area contributed by atoms with Crippen molar-refractivity contribution in [3.8, 4) is 5.75 Å². The lowest BCUT2D eigenvalue weighted by Crippen LogP contribution is -2.36. The van der Waals surface area contributed by atoms with E-state index in [4.69, 9.17) is 10.5 Å². The van der Waals surface area contributed by atoms with Gasteiger partial charge < -0.3 is 10.5 Å². The molecule has 2 N–H and O–H groups in total. The Morgan fingerprint density at radius 1 is 1.42 bits per heavy atom. The smallest absolute Gasteiger partial charge is 0.164 e. The topological polar surface area (TPSA) is 52.3 Å². The Morgan fingerprint density at radius 2 is 2.11 bits per heavy atom. The van der Waals surface area contributed by atoms with Crippen LogP contribution in [0.5, 0.6) is 5.75 Å². The van der Waals surface area contributed by atoms with Crippen molar-refractivity contribution in [3.05, 3.63) is 29.8 Å². The third-order valence-corrected chi connectivity index (χ3v) is 3.50. The average Bonchev–Trinajstić information content (AvgIpc) is 3.12. The minimum Gasteiger partial charge on any atom is -0.490 e. The zero-order valence-electron chi connectivity index (χ0n) is 12.0. The summed E-state index contributed by atoms with van der Waals surface area (Å²) in [5, 5.41) is 0. The molecule has 2 rings (SSSR count). The molecule has 3 nitrogen and oxygen atoms in total. The molecule has 0 spiro atoms. The van der Waals surface area contributed by atoms with Crippen molar-refractivity contribution in [1.82, 2.24) is 0 Å². The molecule has 3 heteroatoms. The Morgan fingerprint density at radius 3 is 2.68 bits per heavy atom. The maximum atomic E-state index is 12.2. The number of ether oxygens (including phenoxy) is 1. The van der Waals surface area contributed by atoms with Gasteiger partial charge in [-0.1, -0.05) is 32.9 Å². The van der Waals surface area contributed by atoms with Crippen molar-refractivity contribution in [2.75, 3.05) is 0 Å². The minimum atomic E-state index is -0.131. The van der Waals surface area contributed by atoms with E-state index in [0.717, 1.165) is 18.6 Å². The van der Waals surface area contributed by atoms with Gasteiger partial charge in [-0.05, 0) is 30.4 Å². The van der Waals surface area contributed by atoms with Crippen LogP contribution in [0.15, 0.2) is 24.3 Å². The van der Waals surface area contributed by atoms with E-state index in [1.165, 1.54) is 0 Å². The van der Waals surface area contributed by atoms with E-state index in [-0.39, 0.29) is 17.2 Å². The number of carbonyl (C=O) groups excluding carboxylic acids is 1. The van der Waals surface area contributed by atoms with Crippen molar-refractivity contribution in [1.29, 1.82) is 0 Å². The molecular formula is C16H23NO2. The molecule has 1 fully saturated rings. The van der Waals surface area contributed by atoms with Crippen molar-refractivity contribution < 1.29 is 9.53 Å². The quantitative estimate of drug-likeness (QED) is 0.828. The summed E-state index contributed by atoms with van der Waals surface area (Å²) in [6.45, 7) is 6.16. The zero-order valence-corrected chi connectivity index (χ0v) is 12.0. The van der Waals surface area contributed by atoms with E-state index in [2.05, 4.69) is 20.8 Å². The fraction of sp³-hybridized carbons (Fsp3) is 0.562. The molecule has 0 heterocycles. The van der Waals surface area contributed by atoms with Crippen LogP contribution in [-0.4, -0.2) is 17.9 Å². The molecule has 0 aliphatic heterocycles. The van der Waals surface area contributed by atoms with Gasteiger partial charge in [0.25, 0.3) is 0 Å². The molecule has 1 aromatic rings. The number of hydrogen-bond donors (Lipinski definition) is 1. The second-order valence-corrected chi connectivity index (χ2v) is 6.44. The molecule has 0 bridgehead atoms. The number of nitrogens with two attached hydrogens (primary N) is 1. The Hall–Kier alpha value is -1.35. The SMILES string of the molecule is CC(C)(C)C(N)CC(=O)c1cccc(OC2CC2)c1. The highest BCUT2D eigenvalue weighted by Crippen LogP contribution is 2.28. The Balaban J connectivity index is 2.01. The third-order valence-electron chi connectivity index (χ3n) is 3.50. The maximum Gasteiger partial charge on any atom is 0.164 e. The van der Waals surface area contributed by atoms with Crippen molar-refractivity contribution in [3.63, 3.8) is 0 Å². The highest BCUT2D eigenvalue weighted by molar-refractivity contribution is 5.96. The van der Waals surface area contributed by atoms with Crippen LogP contribution < -0.4 is 10.5 Å². The van der Waals surface area contributed by atoms with E-state index in [1.54, 1.807) is 0 Å². The van der Waals surface area contributed by atoms with Gasteiger partial charge in [0.1, 0.15) is 5.75 Å². The van der Waals surface area contributed by atoms with E-state index in [1.807, 2.05) is 24.3 Å². The summed E-state index contributed by atoms with van der Waals surface area (Å²) >= 11 is 0. The summed E-state index contributed by atoms with van der Waals surface area (Å²) in [6, 6.07) is 7.30. The number of carbonyl (C=O) groups is 1. The van der Waals surface area contributed by atoms with E-state index in [9.17, 15) is 4.79 Å². The highest BCUT2D eigenvalue weighted by atomic mass is 16.5. The molecule has 0 radical (unpaired) electrons. The van der Waals surface area contributed by atoms with Gasteiger partial charge in [-0.3, -0.25) is 4.79 Å². The third kappa shape index (κ3) is 4.06. The molecule has 1 unspecified atom stereocenters. The van der Waals surface area contributed by atoms with Crippen molar-refractivity contribution in [2.45, 2.75) is 52.2 Å². The molecule has 1 saturated carbocycles. The maximum absolute atomic E-state index is 12.2. The van der Waals surface area contributed by atoms with Gasteiger partial charge in [0.05, 0.1) is 6.10 Å². The summed E-state index contributed by atoms with van der Waals surface area (Å²) in [4.78, 5) is 12.2. The number of hydrogen-bond acceptors (Lipinski definition) is 3. The van der Waals surface area contributed by atoms with Gasteiger partial charge in [0.2, 0.25) is 0 Å². The van der Waals surface area contributed by atoms with Crippen LogP contribution in [-0.2, 0) is 0 Å². The van der Waals surface area contributed by atoms with Gasteiger partial charge in [0.15, 0.2) is 5.78 Å².